The molecule has 0 amide bonds. The summed E-state index contributed by atoms with van der Waals surface area (Å²) in [6.45, 7) is 6.12. The van der Waals surface area contributed by atoms with Crippen molar-refractivity contribution in [1.82, 2.24) is 15.2 Å². The molecule has 1 aromatic heterocycles. The van der Waals surface area contributed by atoms with Crippen molar-refractivity contribution < 1.29 is 0 Å². The maximum atomic E-state index is 4.08. The third-order valence-electron chi connectivity index (χ3n) is 4.33. The van der Waals surface area contributed by atoms with E-state index in [1.807, 2.05) is 12.4 Å². The average molecular weight is 231 g/mol. The first-order valence-corrected chi connectivity index (χ1v) is 6.71. The summed E-state index contributed by atoms with van der Waals surface area (Å²) in [7, 11) is 0. The lowest BCUT2D eigenvalue weighted by atomic mass is 9.83. The number of nitrogens with one attached hydrogen (secondary N) is 1. The molecule has 3 aliphatic heterocycles. The molecule has 3 aliphatic rings. The number of fused-ring (bicyclic) bond motifs is 3. The summed E-state index contributed by atoms with van der Waals surface area (Å²) >= 11 is 0. The second-order valence-electron chi connectivity index (χ2n) is 5.41. The van der Waals surface area contributed by atoms with Gasteiger partial charge in [0.25, 0.3) is 0 Å². The number of rotatable bonds is 3. The smallest absolute Gasteiger partial charge is 0.0296 e. The average Bonchev–Trinajstić information content (AvgIpc) is 2.41. The Labute approximate surface area is 103 Å². The van der Waals surface area contributed by atoms with Gasteiger partial charge in [0.1, 0.15) is 0 Å². The summed E-state index contributed by atoms with van der Waals surface area (Å²) < 4.78 is 0. The minimum absolute atomic E-state index is 0.434. The lowest BCUT2D eigenvalue weighted by Gasteiger charge is -2.46. The van der Waals surface area contributed by atoms with E-state index in [9.17, 15) is 0 Å². The van der Waals surface area contributed by atoms with Gasteiger partial charge in [0.2, 0.25) is 0 Å². The van der Waals surface area contributed by atoms with Gasteiger partial charge in [0.05, 0.1) is 0 Å². The van der Waals surface area contributed by atoms with E-state index in [-0.39, 0.29) is 0 Å². The molecule has 3 heteroatoms. The topological polar surface area (TPSA) is 28.2 Å². The Bertz CT molecular complexity index is 357. The van der Waals surface area contributed by atoms with Crippen LogP contribution in [-0.2, 0) is 0 Å². The zero-order valence-corrected chi connectivity index (χ0v) is 10.5. The van der Waals surface area contributed by atoms with Crippen LogP contribution in [0.2, 0.25) is 0 Å². The molecule has 0 spiro atoms. The first kappa shape index (κ1) is 11.2. The first-order valence-electron chi connectivity index (χ1n) is 6.71. The molecule has 3 nitrogen and oxygen atoms in total. The van der Waals surface area contributed by atoms with Crippen LogP contribution in [0.15, 0.2) is 24.5 Å². The fraction of sp³-hybridized carbons (Fsp3) is 0.643. The third kappa shape index (κ3) is 2.35. The maximum Gasteiger partial charge on any atom is 0.0296 e. The van der Waals surface area contributed by atoms with Crippen molar-refractivity contribution in [2.75, 3.05) is 19.6 Å². The highest BCUT2D eigenvalue weighted by atomic mass is 15.2. The minimum Gasteiger partial charge on any atom is -0.306 e. The zero-order valence-electron chi connectivity index (χ0n) is 10.5. The Hall–Kier alpha value is -0.930. The molecule has 4 rings (SSSR count). The quantitative estimate of drug-likeness (QED) is 0.860. The van der Waals surface area contributed by atoms with Crippen LogP contribution in [0.25, 0.3) is 0 Å². The predicted octanol–water partition coefficient (Wildman–Crippen LogP) is 1.83. The largest absolute Gasteiger partial charge is 0.306 e. The highest BCUT2D eigenvalue weighted by Crippen LogP contribution is 2.29. The van der Waals surface area contributed by atoms with Gasteiger partial charge < -0.3 is 10.2 Å². The van der Waals surface area contributed by atoms with E-state index in [2.05, 4.69) is 34.3 Å². The number of hydrogen-bond donors (Lipinski definition) is 1. The molecule has 1 aromatic rings. The minimum atomic E-state index is 0.434. The normalized spacial score (nSPS) is 33.6. The highest BCUT2D eigenvalue weighted by molar-refractivity contribution is 5.14. The van der Waals surface area contributed by atoms with Crippen molar-refractivity contribution in [2.45, 2.75) is 31.8 Å². The van der Waals surface area contributed by atoms with E-state index < -0.39 is 0 Å². The fourth-order valence-corrected chi connectivity index (χ4v) is 3.22. The van der Waals surface area contributed by atoms with Crippen LogP contribution in [0.1, 0.15) is 31.4 Å². The Balaban J connectivity index is 1.64. The van der Waals surface area contributed by atoms with E-state index in [1.165, 1.54) is 38.0 Å². The molecule has 4 heterocycles. The van der Waals surface area contributed by atoms with Crippen molar-refractivity contribution >= 4 is 0 Å². The van der Waals surface area contributed by atoms with Gasteiger partial charge in [0, 0.05) is 31.0 Å². The molecule has 3 fully saturated rings. The molecule has 0 saturated carbocycles. The number of pyridine rings is 1. The molecule has 1 unspecified atom stereocenters. The van der Waals surface area contributed by atoms with Gasteiger partial charge >= 0.3 is 0 Å². The number of piperidine rings is 3. The van der Waals surface area contributed by atoms with Crippen LogP contribution >= 0.6 is 0 Å². The van der Waals surface area contributed by atoms with Crippen molar-refractivity contribution in [3.8, 4) is 0 Å². The molecule has 92 valence electrons. The van der Waals surface area contributed by atoms with Crippen LogP contribution in [0.5, 0.6) is 0 Å². The summed E-state index contributed by atoms with van der Waals surface area (Å²) in [5, 5.41) is 3.80. The fourth-order valence-electron chi connectivity index (χ4n) is 3.22. The van der Waals surface area contributed by atoms with Crippen molar-refractivity contribution in [3.05, 3.63) is 30.1 Å². The van der Waals surface area contributed by atoms with Gasteiger partial charge in [-0.2, -0.15) is 0 Å². The second-order valence-corrected chi connectivity index (χ2v) is 5.41. The van der Waals surface area contributed by atoms with E-state index in [1.54, 1.807) is 0 Å². The van der Waals surface area contributed by atoms with Crippen LogP contribution < -0.4 is 5.32 Å². The highest BCUT2D eigenvalue weighted by Gasteiger charge is 2.34. The second kappa shape index (κ2) is 4.75. The van der Waals surface area contributed by atoms with Gasteiger partial charge in [-0.1, -0.05) is 0 Å². The SMILES string of the molecule is C[C@@H](NC1CN2CCC1CC2)c1ccncc1. The molecule has 2 bridgehead atoms. The van der Waals surface area contributed by atoms with Crippen LogP contribution in [0, 0.1) is 5.92 Å². The summed E-state index contributed by atoms with van der Waals surface area (Å²) in [5.41, 5.74) is 1.34. The monoisotopic (exact) mass is 231 g/mol. The third-order valence-corrected chi connectivity index (χ3v) is 4.33. The number of nitrogens with zero attached hydrogens (tertiary/aromatic N) is 2. The lowest BCUT2D eigenvalue weighted by molar-refractivity contribution is 0.0680. The van der Waals surface area contributed by atoms with E-state index >= 15 is 0 Å². The summed E-state index contributed by atoms with van der Waals surface area (Å²) in [5.74, 6) is 0.893. The van der Waals surface area contributed by atoms with Gasteiger partial charge in [-0.3, -0.25) is 4.98 Å². The summed E-state index contributed by atoms with van der Waals surface area (Å²) in [6, 6.07) is 5.34. The molecule has 17 heavy (non-hydrogen) atoms. The molecular formula is C14H21N3. The van der Waals surface area contributed by atoms with Gasteiger partial charge in [-0.15, -0.1) is 0 Å². The van der Waals surface area contributed by atoms with E-state index in [0.717, 1.165) is 5.92 Å². The molecule has 2 atom stereocenters. The van der Waals surface area contributed by atoms with Gasteiger partial charge in [-0.05, 0) is 56.5 Å². The van der Waals surface area contributed by atoms with E-state index in [0.29, 0.717) is 12.1 Å². The van der Waals surface area contributed by atoms with Crippen LogP contribution in [0.4, 0.5) is 0 Å². The Morgan fingerprint density at radius 2 is 2.00 bits per heavy atom. The molecule has 0 aliphatic carbocycles. The zero-order chi connectivity index (χ0) is 11.7. The molecular weight excluding hydrogens is 210 g/mol. The predicted molar refractivity (Wildman–Crippen MR) is 68.7 cm³/mol. The van der Waals surface area contributed by atoms with Crippen molar-refractivity contribution in [1.29, 1.82) is 0 Å². The Morgan fingerprint density at radius 3 is 2.59 bits per heavy atom. The molecule has 1 N–H and O–H groups in total. The molecule has 3 saturated heterocycles. The number of aromatic nitrogens is 1. The molecule has 0 radical (unpaired) electrons. The van der Waals surface area contributed by atoms with Crippen LogP contribution in [-0.4, -0.2) is 35.6 Å². The summed E-state index contributed by atoms with van der Waals surface area (Å²) in [6.07, 6.45) is 6.51. The Kier molecular flexibility index (Phi) is 3.12. The maximum absolute atomic E-state index is 4.08. The Morgan fingerprint density at radius 1 is 1.29 bits per heavy atom. The summed E-state index contributed by atoms with van der Waals surface area (Å²) in [4.78, 5) is 6.67. The van der Waals surface area contributed by atoms with E-state index in [4.69, 9.17) is 0 Å². The van der Waals surface area contributed by atoms with Crippen molar-refractivity contribution in [3.63, 3.8) is 0 Å². The van der Waals surface area contributed by atoms with Crippen molar-refractivity contribution in [2.24, 2.45) is 5.92 Å². The van der Waals surface area contributed by atoms with Crippen LogP contribution in [0.3, 0.4) is 0 Å². The number of hydrogen-bond acceptors (Lipinski definition) is 3. The lowest BCUT2D eigenvalue weighted by Crippen LogP contribution is -2.56. The van der Waals surface area contributed by atoms with Gasteiger partial charge in [0.15, 0.2) is 0 Å². The standard InChI is InChI=1S/C14H21N3/c1-11(12-2-6-15-7-3-12)16-14-10-17-8-4-13(14)5-9-17/h2-3,6-7,11,13-14,16H,4-5,8-10H2,1H3/t11-,14?/m1/s1. The first-order chi connectivity index (χ1) is 8.33. The molecule has 0 aromatic carbocycles. The van der Waals surface area contributed by atoms with Gasteiger partial charge in [-0.25, -0.2) is 0 Å².